The molecule has 0 bridgehead atoms. The van der Waals surface area contributed by atoms with Gasteiger partial charge in [0.2, 0.25) is 5.91 Å². The molecule has 0 aliphatic carbocycles. The molecule has 5 nitrogen and oxygen atoms in total. The first-order valence-electron chi connectivity index (χ1n) is 6.80. The minimum Gasteiger partial charge on any atom is -0.329 e. The van der Waals surface area contributed by atoms with Crippen molar-refractivity contribution >= 4 is 23.5 Å². The molecule has 1 aliphatic rings. The summed E-state index contributed by atoms with van der Waals surface area (Å²) in [7, 11) is 0. The van der Waals surface area contributed by atoms with Crippen LogP contribution < -0.4 is 10.6 Å². The van der Waals surface area contributed by atoms with E-state index in [0.717, 1.165) is 4.90 Å². The minimum absolute atomic E-state index is 0.0406. The molecule has 0 radical (unpaired) electrons. The standard InChI is InChI=1S/C14H17ClFN3O2/c1-2-11(9-4-3-5-10(15)13(9)16)17-6-7-19-12(20)8-18-14(19)21/h3-5,11,17H,2,6-8H2,1H3,(H,18,21). The van der Waals surface area contributed by atoms with E-state index in [4.69, 9.17) is 11.6 Å². The molecule has 1 atom stereocenters. The lowest BCUT2D eigenvalue weighted by Gasteiger charge is -2.20. The Balaban J connectivity index is 1.95. The zero-order chi connectivity index (χ0) is 15.4. The Morgan fingerprint density at radius 3 is 2.86 bits per heavy atom. The molecule has 7 heteroatoms. The van der Waals surface area contributed by atoms with Crippen LogP contribution in [0.1, 0.15) is 24.9 Å². The summed E-state index contributed by atoms with van der Waals surface area (Å²) >= 11 is 5.78. The summed E-state index contributed by atoms with van der Waals surface area (Å²) in [5.41, 5.74) is 0.488. The number of benzene rings is 1. The van der Waals surface area contributed by atoms with Gasteiger partial charge in [-0.15, -0.1) is 0 Å². The molecule has 0 spiro atoms. The molecule has 0 saturated carbocycles. The Bertz CT molecular complexity index is 537. The molecular weight excluding hydrogens is 297 g/mol. The van der Waals surface area contributed by atoms with Gasteiger partial charge in [-0.1, -0.05) is 30.7 Å². The van der Waals surface area contributed by atoms with Crippen LogP contribution in [0, 0.1) is 5.82 Å². The van der Waals surface area contributed by atoms with Crippen LogP contribution in [-0.2, 0) is 4.79 Å². The van der Waals surface area contributed by atoms with Crippen LogP contribution in [0.3, 0.4) is 0 Å². The van der Waals surface area contributed by atoms with Crippen molar-refractivity contribution < 1.29 is 14.0 Å². The SMILES string of the molecule is CCC(NCCN1C(=O)CNC1=O)c1cccc(Cl)c1F. The van der Waals surface area contributed by atoms with Crippen LogP contribution in [0.2, 0.25) is 5.02 Å². The maximum Gasteiger partial charge on any atom is 0.324 e. The summed E-state index contributed by atoms with van der Waals surface area (Å²) in [6.45, 7) is 2.61. The third kappa shape index (κ3) is 3.51. The van der Waals surface area contributed by atoms with E-state index < -0.39 is 5.82 Å². The lowest BCUT2D eigenvalue weighted by atomic mass is 10.0. The first kappa shape index (κ1) is 15.7. The predicted octanol–water partition coefficient (Wildman–Crippen LogP) is 2.07. The molecule has 1 saturated heterocycles. The second-order valence-corrected chi connectivity index (χ2v) is 5.17. The molecule has 0 aromatic heterocycles. The number of hydrogen-bond donors (Lipinski definition) is 2. The fourth-order valence-corrected chi connectivity index (χ4v) is 2.48. The molecule has 2 N–H and O–H groups in total. The van der Waals surface area contributed by atoms with Crippen LogP contribution in [0.25, 0.3) is 0 Å². The monoisotopic (exact) mass is 313 g/mol. The van der Waals surface area contributed by atoms with Gasteiger partial charge in [-0.25, -0.2) is 9.18 Å². The highest BCUT2D eigenvalue weighted by Gasteiger charge is 2.28. The Morgan fingerprint density at radius 1 is 1.48 bits per heavy atom. The van der Waals surface area contributed by atoms with E-state index in [1.165, 1.54) is 6.07 Å². The van der Waals surface area contributed by atoms with Gasteiger partial charge in [0, 0.05) is 24.7 Å². The van der Waals surface area contributed by atoms with E-state index in [9.17, 15) is 14.0 Å². The first-order valence-corrected chi connectivity index (χ1v) is 7.18. The molecule has 1 aromatic rings. The Kier molecular flexibility index (Phi) is 5.14. The third-order valence-electron chi connectivity index (χ3n) is 3.43. The van der Waals surface area contributed by atoms with E-state index in [-0.39, 0.29) is 36.1 Å². The number of halogens is 2. The van der Waals surface area contributed by atoms with Gasteiger partial charge >= 0.3 is 6.03 Å². The quantitative estimate of drug-likeness (QED) is 0.790. The molecule has 114 valence electrons. The molecule has 21 heavy (non-hydrogen) atoms. The van der Waals surface area contributed by atoms with E-state index in [1.807, 2.05) is 6.92 Å². The summed E-state index contributed by atoms with van der Waals surface area (Å²) in [6, 6.07) is 4.27. The van der Waals surface area contributed by atoms with Crippen molar-refractivity contribution in [1.29, 1.82) is 0 Å². The number of imide groups is 1. The zero-order valence-corrected chi connectivity index (χ0v) is 12.4. The number of carbonyl (C=O) groups excluding carboxylic acids is 2. The van der Waals surface area contributed by atoms with Gasteiger partial charge < -0.3 is 10.6 Å². The van der Waals surface area contributed by atoms with Crippen molar-refractivity contribution in [2.75, 3.05) is 19.6 Å². The molecule has 1 fully saturated rings. The first-order chi connectivity index (χ1) is 10.0. The molecule has 1 unspecified atom stereocenters. The number of nitrogens with zero attached hydrogens (tertiary/aromatic N) is 1. The molecule has 2 rings (SSSR count). The zero-order valence-electron chi connectivity index (χ0n) is 11.7. The second-order valence-electron chi connectivity index (χ2n) is 4.76. The maximum absolute atomic E-state index is 14.0. The van der Waals surface area contributed by atoms with E-state index >= 15 is 0 Å². The molecule has 1 aromatic carbocycles. The number of hydrogen-bond acceptors (Lipinski definition) is 3. The average Bonchev–Trinajstić information content (AvgIpc) is 2.78. The summed E-state index contributed by atoms with van der Waals surface area (Å²) in [4.78, 5) is 24.0. The number of amides is 3. The fourth-order valence-electron chi connectivity index (χ4n) is 2.30. The number of rotatable bonds is 6. The van der Waals surface area contributed by atoms with Gasteiger partial charge in [0.25, 0.3) is 0 Å². The Hall–Kier alpha value is -1.66. The molecule has 3 amide bonds. The Morgan fingerprint density at radius 2 is 2.24 bits per heavy atom. The molecular formula is C14H17ClFN3O2. The van der Waals surface area contributed by atoms with Crippen molar-refractivity contribution in [1.82, 2.24) is 15.5 Å². The van der Waals surface area contributed by atoms with Crippen molar-refractivity contribution in [3.63, 3.8) is 0 Å². The highest BCUT2D eigenvalue weighted by Crippen LogP contribution is 2.25. The summed E-state index contributed by atoms with van der Waals surface area (Å²) in [5.74, 6) is -0.683. The number of nitrogens with one attached hydrogen (secondary N) is 2. The number of urea groups is 1. The summed E-state index contributed by atoms with van der Waals surface area (Å²) in [5, 5.41) is 5.69. The van der Waals surface area contributed by atoms with E-state index in [2.05, 4.69) is 10.6 Å². The lowest BCUT2D eigenvalue weighted by Crippen LogP contribution is -2.38. The summed E-state index contributed by atoms with van der Waals surface area (Å²) < 4.78 is 14.0. The highest BCUT2D eigenvalue weighted by molar-refractivity contribution is 6.30. The number of carbonyl (C=O) groups is 2. The normalized spacial score (nSPS) is 16.2. The van der Waals surface area contributed by atoms with Crippen molar-refractivity contribution in [3.8, 4) is 0 Å². The molecule has 1 heterocycles. The van der Waals surface area contributed by atoms with Crippen LogP contribution in [0.4, 0.5) is 9.18 Å². The van der Waals surface area contributed by atoms with Gasteiger partial charge in [0.1, 0.15) is 5.82 Å². The topological polar surface area (TPSA) is 61.4 Å². The smallest absolute Gasteiger partial charge is 0.324 e. The van der Waals surface area contributed by atoms with E-state index in [1.54, 1.807) is 12.1 Å². The third-order valence-corrected chi connectivity index (χ3v) is 3.72. The predicted molar refractivity (Wildman–Crippen MR) is 77.6 cm³/mol. The van der Waals surface area contributed by atoms with Crippen LogP contribution in [-0.4, -0.2) is 36.5 Å². The van der Waals surface area contributed by atoms with Gasteiger partial charge in [-0.2, -0.15) is 0 Å². The van der Waals surface area contributed by atoms with Crippen LogP contribution in [0.15, 0.2) is 18.2 Å². The lowest BCUT2D eigenvalue weighted by molar-refractivity contribution is -0.124. The Labute approximate surface area is 127 Å². The second kappa shape index (κ2) is 6.87. The minimum atomic E-state index is -0.437. The van der Waals surface area contributed by atoms with Gasteiger partial charge in [0.15, 0.2) is 0 Å². The summed E-state index contributed by atoms with van der Waals surface area (Å²) in [6.07, 6.45) is 0.664. The highest BCUT2D eigenvalue weighted by atomic mass is 35.5. The molecule has 1 aliphatic heterocycles. The van der Waals surface area contributed by atoms with Gasteiger partial charge in [0.05, 0.1) is 11.6 Å². The maximum atomic E-state index is 14.0. The fraction of sp³-hybridized carbons (Fsp3) is 0.429. The van der Waals surface area contributed by atoms with Gasteiger partial charge in [-0.3, -0.25) is 9.69 Å². The van der Waals surface area contributed by atoms with Crippen molar-refractivity contribution in [2.24, 2.45) is 0 Å². The van der Waals surface area contributed by atoms with E-state index in [0.29, 0.717) is 18.5 Å². The van der Waals surface area contributed by atoms with Crippen molar-refractivity contribution in [2.45, 2.75) is 19.4 Å². The van der Waals surface area contributed by atoms with Crippen LogP contribution >= 0.6 is 11.6 Å². The van der Waals surface area contributed by atoms with Crippen molar-refractivity contribution in [3.05, 3.63) is 34.6 Å². The van der Waals surface area contributed by atoms with Gasteiger partial charge in [-0.05, 0) is 12.5 Å². The average molecular weight is 314 g/mol. The van der Waals surface area contributed by atoms with Crippen LogP contribution in [0.5, 0.6) is 0 Å². The largest absolute Gasteiger partial charge is 0.329 e.